The number of thioether (sulfide) groups is 1. The van der Waals surface area contributed by atoms with E-state index >= 15 is 0 Å². The summed E-state index contributed by atoms with van der Waals surface area (Å²) in [5.41, 5.74) is 2.77. The average Bonchev–Trinajstić information content (AvgIpc) is 2.61. The van der Waals surface area contributed by atoms with E-state index in [0.29, 0.717) is 0 Å². The van der Waals surface area contributed by atoms with Crippen molar-refractivity contribution in [3.63, 3.8) is 0 Å². The standard InChI is InChI=1S/C19H22N2O2S/c1-3-15-9-11-17(12-10-15)21-19(23)14(2)24-13-18(22)20-16-7-5-4-6-8-16/h4-12,14H,3,13H2,1-2H3,(H,20,22)(H,21,23)/t14-/m0/s1. The molecule has 24 heavy (non-hydrogen) atoms. The number of anilines is 2. The lowest BCUT2D eigenvalue weighted by molar-refractivity contribution is -0.115. The van der Waals surface area contributed by atoms with Gasteiger partial charge in [-0.2, -0.15) is 0 Å². The van der Waals surface area contributed by atoms with Gasteiger partial charge in [-0.25, -0.2) is 0 Å². The zero-order valence-corrected chi connectivity index (χ0v) is 14.7. The average molecular weight is 342 g/mol. The van der Waals surface area contributed by atoms with Gasteiger partial charge in [-0.15, -0.1) is 11.8 Å². The van der Waals surface area contributed by atoms with Crippen LogP contribution in [0, 0.1) is 0 Å². The van der Waals surface area contributed by atoms with Crippen LogP contribution in [0.5, 0.6) is 0 Å². The number of aryl methyl sites for hydroxylation is 1. The molecule has 0 bridgehead atoms. The lowest BCUT2D eigenvalue weighted by Crippen LogP contribution is -2.25. The van der Waals surface area contributed by atoms with Gasteiger partial charge in [-0.05, 0) is 43.2 Å². The summed E-state index contributed by atoms with van der Waals surface area (Å²) in [6.07, 6.45) is 0.969. The maximum Gasteiger partial charge on any atom is 0.237 e. The molecule has 2 aromatic rings. The van der Waals surface area contributed by atoms with Gasteiger partial charge in [-0.3, -0.25) is 9.59 Å². The topological polar surface area (TPSA) is 58.2 Å². The summed E-state index contributed by atoms with van der Waals surface area (Å²) in [7, 11) is 0. The van der Waals surface area contributed by atoms with Crippen molar-refractivity contribution in [3.05, 3.63) is 60.2 Å². The van der Waals surface area contributed by atoms with E-state index in [4.69, 9.17) is 0 Å². The van der Waals surface area contributed by atoms with Gasteiger partial charge in [0.05, 0.1) is 11.0 Å². The van der Waals surface area contributed by atoms with Crippen molar-refractivity contribution in [2.24, 2.45) is 0 Å². The second-order valence-corrected chi connectivity index (χ2v) is 6.74. The van der Waals surface area contributed by atoms with Crippen LogP contribution in [0.3, 0.4) is 0 Å². The molecule has 1 atom stereocenters. The number of para-hydroxylation sites is 1. The van der Waals surface area contributed by atoms with Crippen LogP contribution >= 0.6 is 11.8 Å². The van der Waals surface area contributed by atoms with Crippen LogP contribution < -0.4 is 10.6 Å². The molecule has 0 heterocycles. The molecule has 0 spiro atoms. The molecular formula is C19H22N2O2S. The number of carbonyl (C=O) groups is 2. The maximum absolute atomic E-state index is 12.2. The van der Waals surface area contributed by atoms with E-state index in [9.17, 15) is 9.59 Å². The highest BCUT2D eigenvalue weighted by Crippen LogP contribution is 2.16. The molecule has 2 N–H and O–H groups in total. The molecule has 0 unspecified atom stereocenters. The third-order valence-electron chi connectivity index (χ3n) is 3.52. The minimum atomic E-state index is -0.308. The first-order chi connectivity index (χ1) is 11.6. The first-order valence-corrected chi connectivity index (χ1v) is 8.99. The predicted molar refractivity (Wildman–Crippen MR) is 101 cm³/mol. The number of amides is 2. The maximum atomic E-state index is 12.2. The van der Waals surface area contributed by atoms with Gasteiger partial charge in [0, 0.05) is 11.4 Å². The highest BCUT2D eigenvalue weighted by molar-refractivity contribution is 8.01. The highest BCUT2D eigenvalue weighted by Gasteiger charge is 2.15. The number of hydrogen-bond donors (Lipinski definition) is 2. The molecule has 0 aliphatic rings. The third kappa shape index (κ3) is 5.74. The molecule has 0 radical (unpaired) electrons. The van der Waals surface area contributed by atoms with Crippen molar-refractivity contribution in [3.8, 4) is 0 Å². The molecule has 0 aliphatic carbocycles. The Kier molecular flexibility index (Phi) is 6.88. The van der Waals surface area contributed by atoms with Gasteiger partial charge in [0.2, 0.25) is 11.8 Å². The monoisotopic (exact) mass is 342 g/mol. The molecule has 4 nitrogen and oxygen atoms in total. The lowest BCUT2D eigenvalue weighted by atomic mass is 10.1. The lowest BCUT2D eigenvalue weighted by Gasteiger charge is -2.12. The summed E-state index contributed by atoms with van der Waals surface area (Å²) in [5, 5.41) is 5.37. The zero-order chi connectivity index (χ0) is 17.4. The fourth-order valence-electron chi connectivity index (χ4n) is 2.06. The van der Waals surface area contributed by atoms with Crippen LogP contribution in [0.2, 0.25) is 0 Å². The molecule has 0 fully saturated rings. The first-order valence-electron chi connectivity index (χ1n) is 7.94. The van der Waals surface area contributed by atoms with E-state index in [2.05, 4.69) is 17.6 Å². The SMILES string of the molecule is CCc1ccc(NC(=O)[C@H](C)SCC(=O)Nc2ccccc2)cc1. The molecule has 0 saturated carbocycles. The Balaban J connectivity index is 1.77. The molecule has 2 aromatic carbocycles. The summed E-state index contributed by atoms with van der Waals surface area (Å²) >= 11 is 1.31. The summed E-state index contributed by atoms with van der Waals surface area (Å²) in [4.78, 5) is 24.1. The molecule has 126 valence electrons. The van der Waals surface area contributed by atoms with E-state index < -0.39 is 0 Å². The van der Waals surface area contributed by atoms with Crippen LogP contribution in [0.4, 0.5) is 11.4 Å². The Morgan fingerprint density at radius 3 is 2.21 bits per heavy atom. The minimum Gasteiger partial charge on any atom is -0.325 e. The van der Waals surface area contributed by atoms with E-state index in [0.717, 1.165) is 17.8 Å². The molecule has 0 aliphatic heterocycles. The number of nitrogens with one attached hydrogen (secondary N) is 2. The van der Waals surface area contributed by atoms with E-state index in [1.54, 1.807) is 6.92 Å². The molecule has 0 saturated heterocycles. The van der Waals surface area contributed by atoms with E-state index in [1.165, 1.54) is 17.3 Å². The van der Waals surface area contributed by atoms with Crippen molar-refractivity contribution in [2.75, 3.05) is 16.4 Å². The second-order valence-electron chi connectivity index (χ2n) is 5.41. The number of rotatable bonds is 7. The Morgan fingerprint density at radius 1 is 0.958 bits per heavy atom. The van der Waals surface area contributed by atoms with Crippen molar-refractivity contribution in [1.82, 2.24) is 0 Å². The number of carbonyl (C=O) groups excluding carboxylic acids is 2. The summed E-state index contributed by atoms with van der Waals surface area (Å²) < 4.78 is 0. The van der Waals surface area contributed by atoms with Crippen molar-refractivity contribution < 1.29 is 9.59 Å². The Morgan fingerprint density at radius 2 is 1.58 bits per heavy atom. The molecular weight excluding hydrogens is 320 g/mol. The normalized spacial score (nSPS) is 11.6. The van der Waals surface area contributed by atoms with Gasteiger partial charge in [0.1, 0.15) is 0 Å². The fraction of sp³-hybridized carbons (Fsp3) is 0.263. The van der Waals surface area contributed by atoms with Gasteiger partial charge < -0.3 is 10.6 Å². The van der Waals surface area contributed by atoms with Gasteiger partial charge >= 0.3 is 0 Å². The Bertz CT molecular complexity index is 672. The Hall–Kier alpha value is -2.27. The highest BCUT2D eigenvalue weighted by atomic mass is 32.2. The van der Waals surface area contributed by atoms with Crippen molar-refractivity contribution >= 4 is 35.0 Å². The summed E-state index contributed by atoms with van der Waals surface area (Å²) in [5.74, 6) is 0.0213. The van der Waals surface area contributed by atoms with E-state index in [-0.39, 0.29) is 22.8 Å². The van der Waals surface area contributed by atoms with Crippen LogP contribution in [-0.4, -0.2) is 22.8 Å². The quantitative estimate of drug-likeness (QED) is 0.801. The summed E-state index contributed by atoms with van der Waals surface area (Å²) in [6.45, 7) is 3.89. The Labute approximate surface area is 147 Å². The molecule has 2 rings (SSSR count). The van der Waals surface area contributed by atoms with Gasteiger partial charge in [0.15, 0.2) is 0 Å². The van der Waals surface area contributed by atoms with Crippen molar-refractivity contribution in [1.29, 1.82) is 0 Å². The largest absolute Gasteiger partial charge is 0.325 e. The van der Waals surface area contributed by atoms with E-state index in [1.807, 2.05) is 54.6 Å². The van der Waals surface area contributed by atoms with Gasteiger partial charge in [-0.1, -0.05) is 37.3 Å². The smallest absolute Gasteiger partial charge is 0.237 e. The van der Waals surface area contributed by atoms with Gasteiger partial charge in [0.25, 0.3) is 0 Å². The molecule has 5 heteroatoms. The number of hydrogen-bond acceptors (Lipinski definition) is 3. The predicted octanol–water partition coefficient (Wildman–Crippen LogP) is 3.95. The minimum absolute atomic E-state index is 0.100. The zero-order valence-electron chi connectivity index (χ0n) is 13.9. The van der Waals surface area contributed by atoms with Crippen LogP contribution in [0.1, 0.15) is 19.4 Å². The summed E-state index contributed by atoms with van der Waals surface area (Å²) in [6, 6.07) is 17.1. The number of benzene rings is 2. The fourth-order valence-corrected chi connectivity index (χ4v) is 2.75. The van der Waals surface area contributed by atoms with Crippen molar-refractivity contribution in [2.45, 2.75) is 25.5 Å². The molecule has 2 amide bonds. The van der Waals surface area contributed by atoms with Crippen LogP contribution in [0.15, 0.2) is 54.6 Å². The second kappa shape index (κ2) is 9.13. The first kappa shape index (κ1) is 18.1. The third-order valence-corrected chi connectivity index (χ3v) is 4.66. The van der Waals surface area contributed by atoms with Crippen LogP contribution in [-0.2, 0) is 16.0 Å². The molecule has 0 aromatic heterocycles. The van der Waals surface area contributed by atoms with Crippen LogP contribution in [0.25, 0.3) is 0 Å².